The fourth-order valence-corrected chi connectivity index (χ4v) is 3.39. The van der Waals surface area contributed by atoms with E-state index in [9.17, 15) is 0 Å². The molecule has 0 fully saturated rings. The van der Waals surface area contributed by atoms with Gasteiger partial charge < -0.3 is 5.73 Å². The van der Waals surface area contributed by atoms with Crippen LogP contribution in [-0.2, 0) is 0 Å². The first-order valence-electron chi connectivity index (χ1n) is 4.22. The molecule has 2 rings (SSSR count). The number of aryl methyl sites for hydroxylation is 1. The third kappa shape index (κ3) is 2.08. The third-order valence-corrected chi connectivity index (χ3v) is 4.62. The molecule has 0 aliphatic heterocycles. The Bertz CT molecular complexity index is 393. The second-order valence-corrected chi connectivity index (χ2v) is 6.72. The van der Waals surface area contributed by atoms with Gasteiger partial charge in [-0.15, -0.1) is 22.7 Å². The predicted octanol–water partition coefficient (Wildman–Crippen LogP) is 3.93. The summed E-state index contributed by atoms with van der Waals surface area (Å²) in [7, 11) is 0. The normalized spacial score (nSPS) is 13.1. The van der Waals surface area contributed by atoms with E-state index in [-0.39, 0.29) is 6.04 Å². The zero-order valence-electron chi connectivity index (χ0n) is 7.66. The van der Waals surface area contributed by atoms with Crippen molar-refractivity contribution in [1.82, 2.24) is 0 Å². The minimum absolute atomic E-state index is 0.0243. The molecule has 1 atom stereocenters. The van der Waals surface area contributed by atoms with Gasteiger partial charge in [0.15, 0.2) is 0 Å². The summed E-state index contributed by atoms with van der Waals surface area (Å²) in [6.07, 6.45) is 0. The first-order valence-corrected chi connectivity index (χ1v) is 6.71. The molecule has 0 spiro atoms. The Hall–Kier alpha value is -0.160. The van der Waals surface area contributed by atoms with Crippen LogP contribution in [0, 0.1) is 6.92 Å². The standard InChI is InChI=1S/C10H10BrNS2/c1-6-2-3-8(14-6)10(12)7-4-9(11)13-5-7/h2-5,10H,12H2,1H3. The van der Waals surface area contributed by atoms with Crippen molar-refractivity contribution in [2.24, 2.45) is 5.73 Å². The highest BCUT2D eigenvalue weighted by Crippen LogP contribution is 2.30. The Morgan fingerprint density at radius 1 is 1.43 bits per heavy atom. The molecule has 0 aliphatic carbocycles. The van der Waals surface area contributed by atoms with E-state index in [1.165, 1.54) is 15.3 Å². The molecular weight excluding hydrogens is 278 g/mol. The van der Waals surface area contributed by atoms with E-state index in [1.54, 1.807) is 22.7 Å². The molecule has 0 bridgehead atoms. The van der Waals surface area contributed by atoms with Gasteiger partial charge in [0.1, 0.15) is 0 Å². The Balaban J connectivity index is 2.28. The number of halogens is 1. The quantitative estimate of drug-likeness (QED) is 0.890. The van der Waals surface area contributed by atoms with Crippen LogP contribution < -0.4 is 5.73 Å². The summed E-state index contributed by atoms with van der Waals surface area (Å²) in [5.41, 5.74) is 7.32. The molecule has 0 saturated heterocycles. The van der Waals surface area contributed by atoms with Crippen LogP contribution in [0.4, 0.5) is 0 Å². The average Bonchev–Trinajstić information content (AvgIpc) is 2.73. The Morgan fingerprint density at radius 3 is 2.71 bits per heavy atom. The third-order valence-electron chi connectivity index (χ3n) is 2.01. The van der Waals surface area contributed by atoms with Gasteiger partial charge in [-0.2, -0.15) is 0 Å². The first kappa shape index (κ1) is 10.4. The molecule has 0 saturated carbocycles. The molecular formula is C10H10BrNS2. The van der Waals surface area contributed by atoms with Crippen LogP contribution in [0.1, 0.15) is 21.4 Å². The minimum atomic E-state index is 0.0243. The molecule has 2 N–H and O–H groups in total. The largest absolute Gasteiger partial charge is 0.320 e. The fourth-order valence-electron chi connectivity index (χ4n) is 1.27. The van der Waals surface area contributed by atoms with Crippen molar-refractivity contribution in [1.29, 1.82) is 0 Å². The van der Waals surface area contributed by atoms with Crippen molar-refractivity contribution < 1.29 is 0 Å². The van der Waals surface area contributed by atoms with Crippen molar-refractivity contribution >= 4 is 38.6 Å². The number of rotatable bonds is 2. The van der Waals surface area contributed by atoms with E-state index < -0.39 is 0 Å². The summed E-state index contributed by atoms with van der Waals surface area (Å²) < 4.78 is 1.14. The Labute approximate surface area is 99.7 Å². The number of hydrogen-bond acceptors (Lipinski definition) is 3. The highest BCUT2D eigenvalue weighted by atomic mass is 79.9. The van der Waals surface area contributed by atoms with E-state index in [2.05, 4.69) is 46.4 Å². The lowest BCUT2D eigenvalue weighted by Gasteiger charge is -2.06. The molecule has 0 aromatic carbocycles. The summed E-state index contributed by atoms with van der Waals surface area (Å²) >= 11 is 6.88. The number of nitrogens with two attached hydrogens (primary N) is 1. The van der Waals surface area contributed by atoms with Gasteiger partial charge in [0, 0.05) is 9.75 Å². The van der Waals surface area contributed by atoms with E-state index in [1.807, 2.05) is 0 Å². The Morgan fingerprint density at radius 2 is 2.21 bits per heavy atom. The maximum absolute atomic E-state index is 6.14. The van der Waals surface area contributed by atoms with Gasteiger partial charge in [-0.1, -0.05) is 0 Å². The Kier molecular flexibility index (Phi) is 3.07. The van der Waals surface area contributed by atoms with Crippen molar-refractivity contribution in [3.63, 3.8) is 0 Å². The molecule has 74 valence electrons. The van der Waals surface area contributed by atoms with Gasteiger partial charge in [-0.05, 0) is 52.0 Å². The van der Waals surface area contributed by atoms with Crippen LogP contribution in [0.3, 0.4) is 0 Å². The van der Waals surface area contributed by atoms with Gasteiger partial charge in [0.05, 0.1) is 9.83 Å². The van der Waals surface area contributed by atoms with E-state index in [0.29, 0.717) is 0 Å². The molecule has 1 nitrogen and oxygen atoms in total. The smallest absolute Gasteiger partial charge is 0.0701 e. The lowest BCUT2D eigenvalue weighted by molar-refractivity contribution is 0.899. The lowest BCUT2D eigenvalue weighted by Crippen LogP contribution is -2.08. The van der Waals surface area contributed by atoms with Gasteiger partial charge >= 0.3 is 0 Å². The summed E-state index contributed by atoms with van der Waals surface area (Å²) in [6.45, 7) is 2.10. The first-order chi connectivity index (χ1) is 6.66. The van der Waals surface area contributed by atoms with Crippen molar-refractivity contribution in [2.45, 2.75) is 13.0 Å². The molecule has 0 radical (unpaired) electrons. The van der Waals surface area contributed by atoms with Crippen molar-refractivity contribution in [3.8, 4) is 0 Å². The van der Waals surface area contributed by atoms with Crippen LogP contribution in [0.2, 0.25) is 0 Å². The highest BCUT2D eigenvalue weighted by Gasteiger charge is 2.11. The molecule has 0 amide bonds. The monoisotopic (exact) mass is 287 g/mol. The van der Waals surface area contributed by atoms with Gasteiger partial charge in [0.2, 0.25) is 0 Å². The minimum Gasteiger partial charge on any atom is -0.320 e. The predicted molar refractivity (Wildman–Crippen MR) is 67.1 cm³/mol. The molecule has 0 aliphatic rings. The van der Waals surface area contributed by atoms with Crippen molar-refractivity contribution in [3.05, 3.63) is 42.7 Å². The van der Waals surface area contributed by atoms with Gasteiger partial charge in [0.25, 0.3) is 0 Å². The lowest BCUT2D eigenvalue weighted by atomic mass is 10.1. The highest BCUT2D eigenvalue weighted by molar-refractivity contribution is 9.11. The van der Waals surface area contributed by atoms with Gasteiger partial charge in [-0.25, -0.2) is 0 Å². The SMILES string of the molecule is Cc1ccc(C(N)c2csc(Br)c2)s1. The van der Waals surface area contributed by atoms with Crippen LogP contribution in [0.15, 0.2) is 27.4 Å². The molecule has 14 heavy (non-hydrogen) atoms. The van der Waals surface area contributed by atoms with Crippen LogP contribution in [-0.4, -0.2) is 0 Å². The zero-order valence-corrected chi connectivity index (χ0v) is 10.9. The average molecular weight is 288 g/mol. The molecule has 2 aromatic heterocycles. The topological polar surface area (TPSA) is 26.0 Å². The summed E-state index contributed by atoms with van der Waals surface area (Å²) in [5, 5.41) is 2.10. The van der Waals surface area contributed by atoms with E-state index >= 15 is 0 Å². The second-order valence-electron chi connectivity index (χ2n) is 3.11. The number of thiophene rings is 2. The summed E-state index contributed by atoms with van der Waals surface area (Å²) in [4.78, 5) is 2.54. The molecule has 4 heteroatoms. The zero-order chi connectivity index (χ0) is 10.1. The van der Waals surface area contributed by atoms with E-state index in [0.717, 1.165) is 3.79 Å². The molecule has 2 aromatic rings. The summed E-state index contributed by atoms with van der Waals surface area (Å²) in [5.74, 6) is 0. The van der Waals surface area contributed by atoms with Crippen LogP contribution in [0.5, 0.6) is 0 Å². The van der Waals surface area contributed by atoms with Crippen LogP contribution in [0.25, 0.3) is 0 Å². The second kappa shape index (κ2) is 4.14. The summed E-state index contributed by atoms with van der Waals surface area (Å²) in [6, 6.07) is 6.33. The molecule has 1 unspecified atom stereocenters. The maximum Gasteiger partial charge on any atom is 0.0701 e. The number of hydrogen-bond donors (Lipinski definition) is 1. The van der Waals surface area contributed by atoms with Crippen LogP contribution >= 0.6 is 38.6 Å². The molecule has 2 heterocycles. The fraction of sp³-hybridized carbons (Fsp3) is 0.200. The van der Waals surface area contributed by atoms with Crippen molar-refractivity contribution in [2.75, 3.05) is 0 Å². The maximum atomic E-state index is 6.14. The van der Waals surface area contributed by atoms with Gasteiger partial charge in [-0.3, -0.25) is 0 Å². The van der Waals surface area contributed by atoms with E-state index in [4.69, 9.17) is 5.73 Å².